The molecule has 0 radical (unpaired) electrons. The molecular weight excluding hydrogens is 310 g/mol. The molecule has 2 amide bonds. The van der Waals surface area contributed by atoms with Crippen molar-refractivity contribution >= 4 is 17.5 Å². The predicted octanol–water partition coefficient (Wildman–Crippen LogP) is 0.907. The van der Waals surface area contributed by atoms with Crippen LogP contribution < -0.4 is 15.8 Å². The van der Waals surface area contributed by atoms with Crippen LogP contribution in [-0.4, -0.2) is 56.2 Å². The Morgan fingerprint density at radius 3 is 2.75 bits per heavy atom. The highest BCUT2D eigenvalue weighted by Gasteiger charge is 2.30. The summed E-state index contributed by atoms with van der Waals surface area (Å²) in [6.07, 6.45) is 0.862. The lowest BCUT2D eigenvalue weighted by Crippen LogP contribution is -2.30. The Bertz CT molecular complexity index is 603. The minimum Gasteiger partial charge on any atom is -0.482 e. The first-order valence-electron chi connectivity index (χ1n) is 8.00. The second kappa shape index (κ2) is 8.12. The SMILES string of the molecule is Cc1ccc(NC(=O)[C@@H]2CC[C@H](CN)O2)c(OCC(=O)N(C)C)c1. The zero-order valence-electron chi connectivity index (χ0n) is 14.4. The highest BCUT2D eigenvalue weighted by Crippen LogP contribution is 2.27. The van der Waals surface area contributed by atoms with Crippen LogP contribution in [0.5, 0.6) is 5.75 Å². The van der Waals surface area contributed by atoms with Crippen molar-refractivity contribution in [1.82, 2.24) is 4.90 Å². The minimum absolute atomic E-state index is 0.0628. The molecule has 0 bridgehead atoms. The van der Waals surface area contributed by atoms with Gasteiger partial charge in [0.15, 0.2) is 6.61 Å². The summed E-state index contributed by atoms with van der Waals surface area (Å²) in [5, 5.41) is 2.82. The van der Waals surface area contributed by atoms with E-state index in [2.05, 4.69) is 5.32 Å². The molecule has 24 heavy (non-hydrogen) atoms. The maximum Gasteiger partial charge on any atom is 0.259 e. The maximum absolute atomic E-state index is 12.4. The molecule has 0 aromatic heterocycles. The van der Waals surface area contributed by atoms with Crippen molar-refractivity contribution in [2.75, 3.05) is 32.6 Å². The average Bonchev–Trinajstić information content (AvgIpc) is 3.03. The fourth-order valence-corrected chi connectivity index (χ4v) is 2.41. The van der Waals surface area contributed by atoms with E-state index in [4.69, 9.17) is 15.2 Å². The summed E-state index contributed by atoms with van der Waals surface area (Å²) < 4.78 is 11.2. The van der Waals surface area contributed by atoms with Gasteiger partial charge in [0.1, 0.15) is 11.9 Å². The van der Waals surface area contributed by atoms with Crippen molar-refractivity contribution in [3.63, 3.8) is 0 Å². The zero-order chi connectivity index (χ0) is 17.7. The number of amides is 2. The van der Waals surface area contributed by atoms with E-state index >= 15 is 0 Å². The molecule has 2 atom stereocenters. The van der Waals surface area contributed by atoms with Crippen LogP contribution in [0.4, 0.5) is 5.69 Å². The molecular formula is C17H25N3O4. The molecule has 1 heterocycles. The van der Waals surface area contributed by atoms with Crippen LogP contribution in [0.25, 0.3) is 0 Å². The van der Waals surface area contributed by atoms with E-state index in [9.17, 15) is 9.59 Å². The lowest BCUT2D eigenvalue weighted by atomic mass is 10.1. The van der Waals surface area contributed by atoms with Gasteiger partial charge in [-0.3, -0.25) is 9.59 Å². The van der Waals surface area contributed by atoms with E-state index in [1.54, 1.807) is 26.2 Å². The van der Waals surface area contributed by atoms with E-state index in [0.29, 0.717) is 24.4 Å². The summed E-state index contributed by atoms with van der Waals surface area (Å²) in [5.41, 5.74) is 7.07. The summed E-state index contributed by atoms with van der Waals surface area (Å²) in [4.78, 5) is 25.5. The summed E-state index contributed by atoms with van der Waals surface area (Å²) in [5.74, 6) is 0.0872. The van der Waals surface area contributed by atoms with Gasteiger partial charge in [-0.2, -0.15) is 0 Å². The van der Waals surface area contributed by atoms with Gasteiger partial charge in [-0.15, -0.1) is 0 Å². The zero-order valence-corrected chi connectivity index (χ0v) is 14.4. The highest BCUT2D eigenvalue weighted by atomic mass is 16.5. The van der Waals surface area contributed by atoms with E-state index in [0.717, 1.165) is 12.0 Å². The van der Waals surface area contributed by atoms with Gasteiger partial charge in [-0.1, -0.05) is 6.07 Å². The van der Waals surface area contributed by atoms with Crippen molar-refractivity contribution in [3.8, 4) is 5.75 Å². The van der Waals surface area contributed by atoms with E-state index in [-0.39, 0.29) is 24.5 Å². The van der Waals surface area contributed by atoms with Gasteiger partial charge < -0.3 is 25.4 Å². The Kier molecular flexibility index (Phi) is 6.16. The first kappa shape index (κ1) is 18.2. The molecule has 1 aromatic rings. The quantitative estimate of drug-likeness (QED) is 0.806. The van der Waals surface area contributed by atoms with Crippen LogP contribution in [0, 0.1) is 6.92 Å². The van der Waals surface area contributed by atoms with Crippen molar-refractivity contribution in [1.29, 1.82) is 0 Å². The molecule has 1 aromatic carbocycles. The number of anilines is 1. The van der Waals surface area contributed by atoms with Gasteiger partial charge in [0.05, 0.1) is 11.8 Å². The number of likely N-dealkylation sites (N-methyl/N-ethyl adjacent to an activating group) is 1. The third-order valence-electron chi connectivity index (χ3n) is 3.91. The van der Waals surface area contributed by atoms with Gasteiger partial charge in [0.2, 0.25) is 0 Å². The van der Waals surface area contributed by atoms with Crippen LogP contribution in [-0.2, 0) is 14.3 Å². The molecule has 1 aliphatic rings. The van der Waals surface area contributed by atoms with Crippen molar-refractivity contribution < 1.29 is 19.1 Å². The number of rotatable bonds is 6. The van der Waals surface area contributed by atoms with Gasteiger partial charge in [-0.25, -0.2) is 0 Å². The number of nitrogens with one attached hydrogen (secondary N) is 1. The standard InChI is InChI=1S/C17H25N3O4/c1-11-4-6-13(15(8-11)23-10-16(21)20(2)3)19-17(22)14-7-5-12(9-18)24-14/h4,6,8,12,14H,5,7,9-10,18H2,1-3H3,(H,19,22)/t12-,14+/m1/s1. The number of benzene rings is 1. The summed E-state index contributed by atoms with van der Waals surface area (Å²) in [7, 11) is 3.33. The van der Waals surface area contributed by atoms with Crippen molar-refractivity contribution in [2.45, 2.75) is 32.0 Å². The summed E-state index contributed by atoms with van der Waals surface area (Å²) in [6.45, 7) is 2.24. The number of nitrogens with zero attached hydrogens (tertiary/aromatic N) is 1. The number of nitrogens with two attached hydrogens (primary N) is 1. The highest BCUT2D eigenvalue weighted by molar-refractivity contribution is 5.95. The van der Waals surface area contributed by atoms with Crippen LogP contribution >= 0.6 is 0 Å². The van der Waals surface area contributed by atoms with Crippen LogP contribution in [0.2, 0.25) is 0 Å². The van der Waals surface area contributed by atoms with Crippen molar-refractivity contribution in [2.24, 2.45) is 5.73 Å². The van der Waals surface area contributed by atoms with Gasteiger partial charge in [-0.05, 0) is 37.5 Å². The van der Waals surface area contributed by atoms with Gasteiger partial charge in [0.25, 0.3) is 11.8 Å². The Hall–Kier alpha value is -2.12. The molecule has 1 saturated heterocycles. The second-order valence-corrected chi connectivity index (χ2v) is 6.13. The first-order chi connectivity index (χ1) is 11.4. The summed E-state index contributed by atoms with van der Waals surface area (Å²) >= 11 is 0. The van der Waals surface area contributed by atoms with Gasteiger partial charge in [0, 0.05) is 20.6 Å². The number of carbonyl (C=O) groups excluding carboxylic acids is 2. The van der Waals surface area contributed by atoms with E-state index in [1.807, 2.05) is 13.0 Å². The molecule has 7 nitrogen and oxygen atoms in total. The lowest BCUT2D eigenvalue weighted by molar-refractivity contribution is -0.130. The molecule has 0 saturated carbocycles. The predicted molar refractivity (Wildman–Crippen MR) is 90.9 cm³/mol. The molecule has 0 unspecified atom stereocenters. The minimum atomic E-state index is -0.504. The van der Waals surface area contributed by atoms with Crippen LogP contribution in [0.15, 0.2) is 18.2 Å². The third kappa shape index (κ3) is 4.69. The molecule has 0 aliphatic carbocycles. The van der Waals surface area contributed by atoms with E-state index in [1.165, 1.54) is 4.90 Å². The van der Waals surface area contributed by atoms with E-state index < -0.39 is 6.10 Å². The Morgan fingerprint density at radius 2 is 2.12 bits per heavy atom. The molecule has 2 rings (SSSR count). The summed E-state index contributed by atoms with van der Waals surface area (Å²) in [6, 6.07) is 5.42. The fourth-order valence-electron chi connectivity index (χ4n) is 2.41. The number of aryl methyl sites for hydroxylation is 1. The number of carbonyl (C=O) groups is 2. The topological polar surface area (TPSA) is 93.9 Å². The largest absolute Gasteiger partial charge is 0.482 e. The Labute approximate surface area is 142 Å². The molecule has 1 aliphatic heterocycles. The smallest absolute Gasteiger partial charge is 0.259 e. The maximum atomic E-state index is 12.4. The number of hydrogen-bond donors (Lipinski definition) is 2. The van der Waals surface area contributed by atoms with Gasteiger partial charge >= 0.3 is 0 Å². The third-order valence-corrected chi connectivity index (χ3v) is 3.91. The fraction of sp³-hybridized carbons (Fsp3) is 0.529. The molecule has 7 heteroatoms. The Morgan fingerprint density at radius 1 is 1.38 bits per heavy atom. The molecule has 1 fully saturated rings. The van der Waals surface area contributed by atoms with Crippen LogP contribution in [0.3, 0.4) is 0 Å². The normalized spacial score (nSPS) is 19.8. The Balaban J connectivity index is 2.04. The van der Waals surface area contributed by atoms with Crippen molar-refractivity contribution in [3.05, 3.63) is 23.8 Å². The monoisotopic (exact) mass is 335 g/mol. The number of ether oxygens (including phenoxy) is 2. The molecule has 132 valence electrons. The molecule has 0 spiro atoms. The first-order valence-corrected chi connectivity index (χ1v) is 8.00. The van der Waals surface area contributed by atoms with Crippen LogP contribution in [0.1, 0.15) is 18.4 Å². The second-order valence-electron chi connectivity index (χ2n) is 6.13. The lowest BCUT2D eigenvalue weighted by Gasteiger charge is -2.17. The number of hydrogen-bond acceptors (Lipinski definition) is 5. The average molecular weight is 335 g/mol. The molecule has 3 N–H and O–H groups in total.